The van der Waals surface area contributed by atoms with Crippen molar-refractivity contribution in [1.29, 1.82) is 0 Å². The zero-order chi connectivity index (χ0) is 14.1. The normalized spacial score (nSPS) is 16.0. The van der Waals surface area contributed by atoms with E-state index in [2.05, 4.69) is 15.5 Å². The summed E-state index contributed by atoms with van der Waals surface area (Å²) in [7, 11) is 0. The second kappa shape index (κ2) is 4.84. The molecule has 0 atom stereocenters. The molecule has 20 heavy (non-hydrogen) atoms. The summed E-state index contributed by atoms with van der Waals surface area (Å²) in [4.78, 5) is 25.6. The highest BCUT2D eigenvalue weighted by Gasteiger charge is 2.24. The molecule has 0 bridgehead atoms. The van der Waals surface area contributed by atoms with Gasteiger partial charge >= 0.3 is 0 Å². The summed E-state index contributed by atoms with van der Waals surface area (Å²) in [6, 6.07) is 5.24. The highest BCUT2D eigenvalue weighted by molar-refractivity contribution is 6.06. The van der Waals surface area contributed by atoms with Crippen LogP contribution in [0.3, 0.4) is 0 Å². The molecule has 0 radical (unpaired) electrons. The molecule has 0 spiro atoms. The highest BCUT2D eigenvalue weighted by Crippen LogP contribution is 2.20. The van der Waals surface area contributed by atoms with Crippen molar-refractivity contribution in [2.75, 3.05) is 25.4 Å². The van der Waals surface area contributed by atoms with Gasteiger partial charge in [-0.25, -0.2) is 0 Å². The number of carbonyl (C=O) groups excluding carboxylic acids is 2. The topological polar surface area (TPSA) is 104 Å². The first-order valence-electron chi connectivity index (χ1n) is 6.45. The number of aromatic amines is 1. The van der Waals surface area contributed by atoms with Gasteiger partial charge in [-0.05, 0) is 24.6 Å². The smallest absolute Gasteiger partial charge is 0.275 e. The number of nitrogens with two attached hydrogens (primary N) is 1. The SMILES string of the molecule is Nc1ccc2[nH]nc(C(=O)N3CCCNC(=O)C3)c2c1. The monoisotopic (exact) mass is 273 g/mol. The molecule has 2 heterocycles. The Morgan fingerprint density at radius 3 is 3.10 bits per heavy atom. The van der Waals surface area contributed by atoms with E-state index in [-0.39, 0.29) is 18.4 Å². The van der Waals surface area contributed by atoms with Crippen molar-refractivity contribution in [2.45, 2.75) is 6.42 Å². The minimum Gasteiger partial charge on any atom is -0.399 e. The van der Waals surface area contributed by atoms with E-state index < -0.39 is 0 Å². The lowest BCUT2D eigenvalue weighted by Gasteiger charge is -2.17. The van der Waals surface area contributed by atoms with Gasteiger partial charge in [0.2, 0.25) is 5.91 Å². The average Bonchev–Trinajstić information content (AvgIpc) is 2.71. The molecule has 1 fully saturated rings. The summed E-state index contributed by atoms with van der Waals surface area (Å²) >= 11 is 0. The first-order chi connectivity index (χ1) is 9.65. The van der Waals surface area contributed by atoms with Crippen LogP contribution in [0.1, 0.15) is 16.9 Å². The quantitative estimate of drug-likeness (QED) is 0.641. The fraction of sp³-hybridized carbons (Fsp3) is 0.308. The Morgan fingerprint density at radius 2 is 2.25 bits per heavy atom. The fourth-order valence-corrected chi connectivity index (χ4v) is 2.32. The van der Waals surface area contributed by atoms with E-state index in [0.29, 0.717) is 29.9 Å². The van der Waals surface area contributed by atoms with Crippen LogP contribution in [0, 0.1) is 0 Å². The van der Waals surface area contributed by atoms with Crippen molar-refractivity contribution in [3.63, 3.8) is 0 Å². The van der Waals surface area contributed by atoms with Crippen LogP contribution in [0.2, 0.25) is 0 Å². The third-order valence-electron chi connectivity index (χ3n) is 3.34. The molecule has 2 aromatic rings. The third-order valence-corrected chi connectivity index (χ3v) is 3.34. The number of nitrogen functional groups attached to an aromatic ring is 1. The average molecular weight is 273 g/mol. The van der Waals surface area contributed by atoms with Crippen LogP contribution in [0.25, 0.3) is 10.9 Å². The molecule has 0 unspecified atom stereocenters. The summed E-state index contributed by atoms with van der Waals surface area (Å²) in [5.74, 6) is -0.394. The zero-order valence-corrected chi connectivity index (χ0v) is 10.8. The summed E-state index contributed by atoms with van der Waals surface area (Å²) in [6.45, 7) is 1.20. The summed E-state index contributed by atoms with van der Waals surface area (Å²) in [5, 5.41) is 10.3. The van der Waals surface area contributed by atoms with Crippen LogP contribution in [0.4, 0.5) is 5.69 Å². The Bertz CT molecular complexity index is 678. The molecule has 3 rings (SSSR count). The molecule has 7 heteroatoms. The van der Waals surface area contributed by atoms with Gasteiger partial charge in [0, 0.05) is 24.2 Å². The van der Waals surface area contributed by atoms with Gasteiger partial charge in [0.05, 0.1) is 12.1 Å². The number of aromatic nitrogens is 2. The number of nitrogens with one attached hydrogen (secondary N) is 2. The fourth-order valence-electron chi connectivity index (χ4n) is 2.32. The highest BCUT2D eigenvalue weighted by atomic mass is 16.2. The maximum absolute atomic E-state index is 12.5. The summed E-state index contributed by atoms with van der Waals surface area (Å²) < 4.78 is 0. The molecule has 1 aliphatic heterocycles. The van der Waals surface area contributed by atoms with E-state index in [9.17, 15) is 9.59 Å². The van der Waals surface area contributed by atoms with Crippen molar-refractivity contribution in [3.05, 3.63) is 23.9 Å². The Balaban J connectivity index is 1.95. The van der Waals surface area contributed by atoms with Crippen molar-refractivity contribution in [3.8, 4) is 0 Å². The van der Waals surface area contributed by atoms with Crippen molar-refractivity contribution < 1.29 is 9.59 Å². The lowest BCUT2D eigenvalue weighted by Crippen LogP contribution is -2.37. The second-order valence-corrected chi connectivity index (χ2v) is 4.81. The minimum absolute atomic E-state index is 0.0650. The molecule has 1 aliphatic rings. The van der Waals surface area contributed by atoms with Gasteiger partial charge in [-0.15, -0.1) is 0 Å². The number of benzene rings is 1. The number of hydrogen-bond acceptors (Lipinski definition) is 4. The molecule has 1 saturated heterocycles. The molecular weight excluding hydrogens is 258 g/mol. The van der Waals surface area contributed by atoms with Crippen LogP contribution < -0.4 is 11.1 Å². The number of carbonyl (C=O) groups is 2. The van der Waals surface area contributed by atoms with E-state index in [4.69, 9.17) is 5.73 Å². The predicted octanol–water partition coefficient (Wildman–Crippen LogP) is 0.107. The maximum Gasteiger partial charge on any atom is 0.275 e. The molecular formula is C13H15N5O2. The first kappa shape index (κ1) is 12.5. The number of H-pyrrole nitrogens is 1. The molecule has 2 amide bonds. The number of fused-ring (bicyclic) bond motifs is 1. The zero-order valence-electron chi connectivity index (χ0n) is 10.8. The predicted molar refractivity (Wildman–Crippen MR) is 74.0 cm³/mol. The van der Waals surface area contributed by atoms with Crippen LogP contribution in [-0.2, 0) is 4.79 Å². The van der Waals surface area contributed by atoms with Crippen LogP contribution in [0.5, 0.6) is 0 Å². The lowest BCUT2D eigenvalue weighted by atomic mass is 10.1. The largest absolute Gasteiger partial charge is 0.399 e. The Kier molecular flexibility index (Phi) is 3.02. The molecule has 1 aromatic carbocycles. The lowest BCUT2D eigenvalue weighted by molar-refractivity contribution is -0.121. The number of nitrogens with zero attached hydrogens (tertiary/aromatic N) is 2. The molecule has 1 aromatic heterocycles. The minimum atomic E-state index is -0.251. The molecule has 0 aliphatic carbocycles. The summed E-state index contributed by atoms with van der Waals surface area (Å²) in [5.41, 5.74) is 7.38. The van der Waals surface area contributed by atoms with Crippen LogP contribution in [-0.4, -0.2) is 46.5 Å². The van der Waals surface area contributed by atoms with Gasteiger partial charge in [0.1, 0.15) is 0 Å². The van der Waals surface area contributed by atoms with E-state index in [1.165, 1.54) is 4.90 Å². The first-order valence-corrected chi connectivity index (χ1v) is 6.45. The van der Waals surface area contributed by atoms with Gasteiger partial charge in [-0.1, -0.05) is 0 Å². The van der Waals surface area contributed by atoms with Gasteiger partial charge in [-0.2, -0.15) is 5.10 Å². The number of amides is 2. The van der Waals surface area contributed by atoms with Crippen molar-refractivity contribution in [1.82, 2.24) is 20.4 Å². The Labute approximate surface area is 115 Å². The van der Waals surface area contributed by atoms with E-state index in [0.717, 1.165) is 11.9 Å². The van der Waals surface area contributed by atoms with E-state index >= 15 is 0 Å². The number of hydrogen-bond donors (Lipinski definition) is 3. The van der Waals surface area contributed by atoms with Crippen LogP contribution >= 0.6 is 0 Å². The summed E-state index contributed by atoms with van der Waals surface area (Å²) in [6.07, 6.45) is 0.738. The maximum atomic E-state index is 12.5. The van der Waals surface area contributed by atoms with Crippen molar-refractivity contribution in [2.24, 2.45) is 0 Å². The van der Waals surface area contributed by atoms with Crippen LogP contribution in [0.15, 0.2) is 18.2 Å². The second-order valence-electron chi connectivity index (χ2n) is 4.81. The van der Waals surface area contributed by atoms with E-state index in [1.807, 2.05) is 0 Å². The van der Waals surface area contributed by atoms with Gasteiger partial charge in [-0.3, -0.25) is 14.7 Å². The Morgan fingerprint density at radius 1 is 1.40 bits per heavy atom. The van der Waals surface area contributed by atoms with Gasteiger partial charge < -0.3 is 16.0 Å². The Hall–Kier alpha value is -2.57. The van der Waals surface area contributed by atoms with Gasteiger partial charge in [0.25, 0.3) is 5.91 Å². The van der Waals surface area contributed by atoms with Gasteiger partial charge in [0.15, 0.2) is 5.69 Å². The standard InChI is InChI=1S/C13H15N5O2/c14-8-2-3-10-9(6-8)12(17-16-10)13(20)18-5-1-4-15-11(19)7-18/h2-3,6H,1,4-5,7,14H2,(H,15,19)(H,16,17). The molecule has 104 valence electrons. The number of anilines is 1. The van der Waals surface area contributed by atoms with E-state index in [1.54, 1.807) is 18.2 Å². The molecule has 7 nitrogen and oxygen atoms in total. The molecule has 4 N–H and O–H groups in total. The number of rotatable bonds is 1. The third kappa shape index (κ3) is 2.18. The molecule has 0 saturated carbocycles. The van der Waals surface area contributed by atoms with Crippen molar-refractivity contribution >= 4 is 28.4 Å².